The number of para-hydroxylation sites is 3. The maximum absolute atomic E-state index is 12.7. The van der Waals surface area contributed by atoms with Crippen LogP contribution in [0.5, 0.6) is 17.2 Å². The third-order valence-electron chi connectivity index (χ3n) is 5.03. The first-order valence-corrected chi connectivity index (χ1v) is 11.4. The third kappa shape index (κ3) is 5.23. The van der Waals surface area contributed by atoms with E-state index in [0.717, 1.165) is 16.3 Å². The molecule has 0 fully saturated rings. The third-order valence-corrected chi connectivity index (χ3v) is 6.07. The highest BCUT2D eigenvalue weighted by Crippen LogP contribution is 2.35. The number of fused-ring (bicyclic) bond motifs is 1. The van der Waals surface area contributed by atoms with Crippen LogP contribution in [0.15, 0.2) is 77.7 Å². The number of benzene rings is 3. The highest BCUT2D eigenvalue weighted by molar-refractivity contribution is 7.99. The smallest absolute Gasteiger partial charge is 0.227 e. The molecular formula is C25H24N2O4S. The number of hydrogen-bond acceptors (Lipinski definition) is 5. The van der Waals surface area contributed by atoms with Gasteiger partial charge < -0.3 is 19.7 Å². The highest BCUT2D eigenvalue weighted by Gasteiger charge is 2.22. The molecule has 0 spiro atoms. The number of thioether (sulfide) groups is 1. The van der Waals surface area contributed by atoms with Crippen LogP contribution in [0.3, 0.4) is 0 Å². The van der Waals surface area contributed by atoms with Gasteiger partial charge in [-0.2, -0.15) is 0 Å². The summed E-state index contributed by atoms with van der Waals surface area (Å²) in [5.74, 6) is 2.51. The number of anilines is 2. The average Bonchev–Trinajstić information content (AvgIpc) is 2.83. The number of nitrogens with one attached hydrogen (secondary N) is 1. The summed E-state index contributed by atoms with van der Waals surface area (Å²) in [5.41, 5.74) is 1.58. The van der Waals surface area contributed by atoms with Crippen molar-refractivity contribution in [3.8, 4) is 17.2 Å². The molecule has 1 heterocycles. The van der Waals surface area contributed by atoms with Gasteiger partial charge in [0.15, 0.2) is 11.5 Å². The number of rotatable bonds is 7. The second-order valence-corrected chi connectivity index (χ2v) is 8.32. The number of amides is 2. The van der Waals surface area contributed by atoms with Gasteiger partial charge in [0.1, 0.15) is 5.75 Å². The molecule has 3 aromatic carbocycles. The van der Waals surface area contributed by atoms with Crippen molar-refractivity contribution in [2.24, 2.45) is 0 Å². The molecule has 3 aromatic rings. The summed E-state index contributed by atoms with van der Waals surface area (Å²) in [5, 5.41) is 2.84. The lowest BCUT2D eigenvalue weighted by molar-refractivity contribution is -0.122. The fourth-order valence-corrected chi connectivity index (χ4v) is 4.44. The molecule has 164 valence electrons. The molecule has 0 saturated heterocycles. The summed E-state index contributed by atoms with van der Waals surface area (Å²) in [4.78, 5) is 28.0. The molecular weight excluding hydrogens is 424 g/mol. The molecule has 0 saturated carbocycles. The zero-order valence-corrected chi connectivity index (χ0v) is 18.6. The van der Waals surface area contributed by atoms with Crippen molar-refractivity contribution in [1.29, 1.82) is 0 Å². The molecule has 0 aliphatic carbocycles. The van der Waals surface area contributed by atoms with Crippen LogP contribution in [-0.4, -0.2) is 31.2 Å². The minimum atomic E-state index is -0.198. The summed E-state index contributed by atoms with van der Waals surface area (Å²) in [6.45, 7) is 0.662. The SMILES string of the molecule is COc1ccccc1Oc1ccc(NC(=O)CCC(=O)N2CCSc3ccccc32)cc1. The Morgan fingerprint density at radius 2 is 1.66 bits per heavy atom. The molecule has 7 heteroatoms. The van der Waals surface area contributed by atoms with Gasteiger partial charge in [0.05, 0.1) is 12.8 Å². The van der Waals surface area contributed by atoms with Gasteiger partial charge in [-0.05, 0) is 48.5 Å². The molecule has 1 aliphatic heterocycles. The molecule has 0 unspecified atom stereocenters. The lowest BCUT2D eigenvalue weighted by atomic mass is 10.2. The van der Waals surface area contributed by atoms with E-state index in [1.165, 1.54) is 0 Å². The molecule has 0 aromatic heterocycles. The van der Waals surface area contributed by atoms with Gasteiger partial charge in [-0.1, -0.05) is 24.3 Å². The second-order valence-electron chi connectivity index (χ2n) is 7.19. The van der Waals surface area contributed by atoms with Gasteiger partial charge in [0.25, 0.3) is 0 Å². The molecule has 1 aliphatic rings. The Labute approximate surface area is 191 Å². The van der Waals surface area contributed by atoms with E-state index in [4.69, 9.17) is 9.47 Å². The summed E-state index contributed by atoms with van der Waals surface area (Å²) >= 11 is 1.75. The lowest BCUT2D eigenvalue weighted by Crippen LogP contribution is -2.35. The van der Waals surface area contributed by atoms with Crippen LogP contribution in [0.25, 0.3) is 0 Å². The van der Waals surface area contributed by atoms with E-state index in [2.05, 4.69) is 5.32 Å². The monoisotopic (exact) mass is 448 g/mol. The summed E-state index contributed by atoms with van der Waals surface area (Å²) in [6.07, 6.45) is 0.296. The van der Waals surface area contributed by atoms with Crippen molar-refractivity contribution in [3.05, 3.63) is 72.8 Å². The minimum absolute atomic E-state index is 0.0338. The van der Waals surface area contributed by atoms with Crippen molar-refractivity contribution in [2.45, 2.75) is 17.7 Å². The molecule has 6 nitrogen and oxygen atoms in total. The molecule has 4 rings (SSSR count). The summed E-state index contributed by atoms with van der Waals surface area (Å²) in [6, 6.07) is 22.3. The zero-order chi connectivity index (χ0) is 22.3. The van der Waals surface area contributed by atoms with Crippen molar-refractivity contribution < 1.29 is 19.1 Å². The number of carbonyl (C=O) groups excluding carboxylic acids is 2. The number of hydrogen-bond donors (Lipinski definition) is 1. The van der Waals surface area contributed by atoms with E-state index in [1.54, 1.807) is 48.0 Å². The van der Waals surface area contributed by atoms with E-state index < -0.39 is 0 Å². The van der Waals surface area contributed by atoms with E-state index in [1.807, 2.05) is 48.5 Å². The molecule has 2 amide bonds. The van der Waals surface area contributed by atoms with E-state index in [0.29, 0.717) is 29.5 Å². The maximum Gasteiger partial charge on any atom is 0.227 e. The Bertz CT molecular complexity index is 1100. The molecule has 1 N–H and O–H groups in total. The zero-order valence-electron chi connectivity index (χ0n) is 17.7. The molecule has 0 bridgehead atoms. The predicted molar refractivity (Wildman–Crippen MR) is 127 cm³/mol. The highest BCUT2D eigenvalue weighted by atomic mass is 32.2. The van der Waals surface area contributed by atoms with Crippen LogP contribution in [0.4, 0.5) is 11.4 Å². The van der Waals surface area contributed by atoms with Gasteiger partial charge in [-0.3, -0.25) is 9.59 Å². The number of nitrogens with zero attached hydrogens (tertiary/aromatic N) is 1. The number of methoxy groups -OCH3 is 1. The van der Waals surface area contributed by atoms with Gasteiger partial charge in [-0.15, -0.1) is 11.8 Å². The Balaban J connectivity index is 1.30. The minimum Gasteiger partial charge on any atom is -0.493 e. The second kappa shape index (κ2) is 10.2. The predicted octanol–water partition coefficient (Wildman–Crippen LogP) is 5.35. The van der Waals surface area contributed by atoms with Crippen molar-refractivity contribution in [1.82, 2.24) is 0 Å². The number of ether oxygens (including phenoxy) is 2. The quantitative estimate of drug-likeness (QED) is 0.528. The topological polar surface area (TPSA) is 67.9 Å². The van der Waals surface area contributed by atoms with Crippen molar-refractivity contribution in [3.63, 3.8) is 0 Å². The Kier molecular flexibility index (Phi) is 6.97. The molecule has 0 atom stereocenters. The van der Waals surface area contributed by atoms with Gasteiger partial charge in [-0.25, -0.2) is 0 Å². The van der Waals surface area contributed by atoms with Crippen LogP contribution in [-0.2, 0) is 9.59 Å². The maximum atomic E-state index is 12.7. The van der Waals surface area contributed by atoms with Gasteiger partial charge in [0.2, 0.25) is 11.8 Å². The van der Waals surface area contributed by atoms with E-state index in [-0.39, 0.29) is 24.7 Å². The van der Waals surface area contributed by atoms with Crippen LogP contribution >= 0.6 is 11.8 Å². The van der Waals surface area contributed by atoms with Crippen LogP contribution in [0.2, 0.25) is 0 Å². The van der Waals surface area contributed by atoms with Crippen molar-refractivity contribution >= 4 is 35.0 Å². The first-order chi connectivity index (χ1) is 15.6. The Morgan fingerprint density at radius 1 is 0.938 bits per heavy atom. The first-order valence-electron chi connectivity index (χ1n) is 10.4. The van der Waals surface area contributed by atoms with Crippen molar-refractivity contribution in [2.75, 3.05) is 29.6 Å². The van der Waals surface area contributed by atoms with E-state index in [9.17, 15) is 9.59 Å². The standard InChI is InChI=1S/C25H24N2O4S/c1-30-21-7-3-4-8-22(21)31-19-12-10-18(11-13-19)26-24(28)14-15-25(29)27-16-17-32-23-9-5-2-6-20(23)27/h2-13H,14-17H2,1H3,(H,26,28). The summed E-state index contributed by atoms with van der Waals surface area (Å²) < 4.78 is 11.1. The summed E-state index contributed by atoms with van der Waals surface area (Å²) in [7, 11) is 1.59. The van der Waals surface area contributed by atoms with Crippen LogP contribution in [0, 0.1) is 0 Å². The van der Waals surface area contributed by atoms with Crippen LogP contribution in [0.1, 0.15) is 12.8 Å². The normalized spacial score (nSPS) is 12.6. The van der Waals surface area contributed by atoms with Gasteiger partial charge in [0, 0.05) is 35.7 Å². The fourth-order valence-electron chi connectivity index (χ4n) is 3.44. The fraction of sp³-hybridized carbons (Fsp3) is 0.200. The molecule has 32 heavy (non-hydrogen) atoms. The van der Waals surface area contributed by atoms with Crippen LogP contribution < -0.4 is 19.7 Å². The first kappa shape index (κ1) is 21.8. The largest absolute Gasteiger partial charge is 0.493 e. The Hall–Kier alpha value is -3.45. The lowest BCUT2D eigenvalue weighted by Gasteiger charge is -2.29. The Morgan fingerprint density at radius 3 is 2.44 bits per heavy atom. The number of carbonyl (C=O) groups is 2. The average molecular weight is 449 g/mol. The molecule has 0 radical (unpaired) electrons. The van der Waals surface area contributed by atoms with E-state index >= 15 is 0 Å². The van der Waals surface area contributed by atoms with Gasteiger partial charge >= 0.3 is 0 Å².